The Hall–Kier alpha value is -2.68. The number of carbonyl (C=O) groups is 1. The van der Waals surface area contributed by atoms with Crippen molar-refractivity contribution in [1.29, 1.82) is 0 Å². The number of aromatic hydroxyl groups is 1. The van der Waals surface area contributed by atoms with E-state index >= 15 is 0 Å². The van der Waals surface area contributed by atoms with Crippen molar-refractivity contribution in [2.45, 2.75) is 13.5 Å². The second-order valence-corrected chi connectivity index (χ2v) is 8.99. The molecule has 1 aliphatic rings. The summed E-state index contributed by atoms with van der Waals surface area (Å²) >= 11 is 10.4. The lowest BCUT2D eigenvalue weighted by Gasteiger charge is -2.08. The highest BCUT2D eigenvalue weighted by atomic mass is 79.9. The molecule has 4 rings (SSSR count). The van der Waals surface area contributed by atoms with Gasteiger partial charge in [0.25, 0.3) is 0 Å². The fourth-order valence-electron chi connectivity index (χ4n) is 2.98. The number of anilines is 1. The number of fused-ring (bicyclic) bond motifs is 1. The van der Waals surface area contributed by atoms with Gasteiger partial charge in [0.15, 0.2) is 0 Å². The lowest BCUT2D eigenvalue weighted by molar-refractivity contribution is -0.116. The topological polar surface area (TPSA) is 83.7 Å². The van der Waals surface area contributed by atoms with Gasteiger partial charge < -0.3 is 10.4 Å². The van der Waals surface area contributed by atoms with Crippen molar-refractivity contribution in [3.63, 3.8) is 0 Å². The number of hydrogen-bond acceptors (Lipinski definition) is 5. The minimum Gasteiger partial charge on any atom is -0.493 e. The van der Waals surface area contributed by atoms with Gasteiger partial charge in [0.1, 0.15) is 6.54 Å². The molecule has 0 saturated heterocycles. The number of carbonyl (C=O) groups excluding carboxylic acids is 1. The van der Waals surface area contributed by atoms with Crippen LogP contribution in [-0.2, 0) is 11.3 Å². The van der Waals surface area contributed by atoms with Crippen LogP contribution in [0.4, 0.5) is 11.4 Å². The van der Waals surface area contributed by atoms with E-state index in [9.17, 15) is 14.7 Å². The molecule has 0 radical (unpaired) electrons. The van der Waals surface area contributed by atoms with Crippen LogP contribution in [0, 0.1) is 6.92 Å². The van der Waals surface area contributed by atoms with Gasteiger partial charge in [0.2, 0.25) is 11.8 Å². The van der Waals surface area contributed by atoms with Gasteiger partial charge in [0.05, 0.1) is 10.6 Å². The number of allylic oxidation sites excluding steroid dienone is 1. The Morgan fingerprint density at radius 1 is 1.33 bits per heavy atom. The highest BCUT2D eigenvalue weighted by molar-refractivity contribution is 9.10. The van der Waals surface area contributed by atoms with Crippen molar-refractivity contribution >= 4 is 74.0 Å². The van der Waals surface area contributed by atoms with E-state index in [0.29, 0.717) is 15.6 Å². The standard InChI is InChI=1S/C21H15BrClN3O3S/c1-11-2-4-14(8-16(11)23)25-19(27)10-26-20(28)18(30-21(26)29)6-12-9-24-17-5-3-13(22)7-15(12)17/h2-9,28H,10H2,1H3,(H,25,27). The highest BCUT2D eigenvalue weighted by Crippen LogP contribution is 2.36. The minimum atomic E-state index is -0.443. The number of rotatable bonds is 4. The third-order valence-electron chi connectivity index (χ3n) is 4.55. The second-order valence-electron chi connectivity index (χ2n) is 6.67. The molecule has 1 aromatic heterocycles. The summed E-state index contributed by atoms with van der Waals surface area (Å²) in [6.07, 6.45) is 3.37. The Morgan fingerprint density at radius 2 is 2.13 bits per heavy atom. The summed E-state index contributed by atoms with van der Waals surface area (Å²) in [6.45, 7) is 1.55. The molecule has 0 atom stereocenters. The number of halogens is 2. The Bertz CT molecular complexity index is 1290. The molecule has 0 spiro atoms. The van der Waals surface area contributed by atoms with Gasteiger partial charge in [-0.15, -0.1) is 0 Å². The Labute approximate surface area is 189 Å². The summed E-state index contributed by atoms with van der Waals surface area (Å²) in [4.78, 5) is 29.0. The van der Waals surface area contributed by atoms with E-state index in [4.69, 9.17) is 11.6 Å². The van der Waals surface area contributed by atoms with E-state index in [1.165, 1.54) is 0 Å². The number of nitrogens with one attached hydrogen (secondary N) is 1. The molecular formula is C21H15BrClN3O3S. The van der Waals surface area contributed by atoms with Crippen LogP contribution in [0.2, 0.25) is 5.02 Å². The van der Waals surface area contributed by atoms with E-state index in [-0.39, 0.29) is 12.4 Å². The van der Waals surface area contributed by atoms with Gasteiger partial charge in [-0.1, -0.05) is 44.9 Å². The summed E-state index contributed by atoms with van der Waals surface area (Å²) in [5, 5.41) is 13.8. The molecule has 2 heterocycles. The zero-order valence-corrected chi connectivity index (χ0v) is 18.8. The first-order valence-corrected chi connectivity index (χ1v) is 10.8. The number of hydrogen-bond donors (Lipinski definition) is 2. The summed E-state index contributed by atoms with van der Waals surface area (Å²) in [5.41, 5.74) is 3.89. The minimum absolute atomic E-state index is 0.258. The van der Waals surface area contributed by atoms with Gasteiger partial charge in [-0.3, -0.25) is 19.1 Å². The molecule has 1 amide bonds. The van der Waals surface area contributed by atoms with Crippen molar-refractivity contribution in [2.24, 2.45) is 4.99 Å². The molecule has 0 bridgehead atoms. The van der Waals surface area contributed by atoms with Crippen LogP contribution in [0.15, 0.2) is 50.7 Å². The van der Waals surface area contributed by atoms with Crippen LogP contribution in [0.1, 0.15) is 16.0 Å². The van der Waals surface area contributed by atoms with Crippen LogP contribution < -0.4 is 10.2 Å². The van der Waals surface area contributed by atoms with Crippen LogP contribution in [0.25, 0.3) is 11.6 Å². The van der Waals surface area contributed by atoms with E-state index in [1.54, 1.807) is 30.5 Å². The normalized spacial score (nSPS) is 13.6. The molecule has 9 heteroatoms. The molecule has 1 aliphatic heterocycles. The molecule has 152 valence electrons. The summed E-state index contributed by atoms with van der Waals surface area (Å²) in [5.74, 6) is -0.701. The van der Waals surface area contributed by atoms with Gasteiger partial charge in [0, 0.05) is 32.5 Å². The second kappa shape index (κ2) is 8.22. The maximum Gasteiger partial charge on any atom is 0.311 e. The number of nitrogens with zero attached hydrogens (tertiary/aromatic N) is 2. The summed E-state index contributed by atoms with van der Waals surface area (Å²) < 4.78 is 1.94. The van der Waals surface area contributed by atoms with Crippen molar-refractivity contribution < 1.29 is 9.90 Å². The Morgan fingerprint density at radius 3 is 2.90 bits per heavy atom. The van der Waals surface area contributed by atoms with Crippen LogP contribution in [0.5, 0.6) is 5.88 Å². The molecule has 30 heavy (non-hydrogen) atoms. The fraction of sp³-hybridized carbons (Fsp3) is 0.0952. The van der Waals surface area contributed by atoms with E-state index in [0.717, 1.165) is 42.8 Å². The highest BCUT2D eigenvalue weighted by Gasteiger charge is 2.18. The lowest BCUT2D eigenvalue weighted by atomic mass is 10.1. The number of benzene rings is 2. The van der Waals surface area contributed by atoms with E-state index in [2.05, 4.69) is 26.2 Å². The number of thiazole rings is 1. The van der Waals surface area contributed by atoms with Gasteiger partial charge in [-0.25, -0.2) is 0 Å². The van der Waals surface area contributed by atoms with Crippen LogP contribution in [0.3, 0.4) is 0 Å². The van der Waals surface area contributed by atoms with Gasteiger partial charge in [-0.2, -0.15) is 0 Å². The average Bonchev–Trinajstić information content (AvgIpc) is 3.20. The molecule has 2 N–H and O–H groups in total. The SMILES string of the molecule is Cc1ccc(NC(=O)Cn2c(O)c(C=C3C=Nc4ccc(Br)cc43)sc2=O)cc1Cl. The Kier molecular flexibility index (Phi) is 5.64. The number of aliphatic imine (C=N–C) groups is 1. The van der Waals surface area contributed by atoms with E-state index in [1.807, 2.05) is 25.1 Å². The smallest absolute Gasteiger partial charge is 0.311 e. The van der Waals surface area contributed by atoms with Crippen molar-refractivity contribution in [2.75, 3.05) is 5.32 Å². The Balaban J connectivity index is 1.57. The predicted octanol–water partition coefficient (Wildman–Crippen LogP) is 5.23. The summed E-state index contributed by atoms with van der Waals surface area (Å²) in [7, 11) is 0. The number of amides is 1. The first-order chi connectivity index (χ1) is 14.3. The van der Waals surface area contributed by atoms with Crippen molar-refractivity contribution in [3.05, 3.63) is 71.6 Å². The monoisotopic (exact) mass is 503 g/mol. The third kappa shape index (κ3) is 4.12. The van der Waals surface area contributed by atoms with Crippen molar-refractivity contribution in [1.82, 2.24) is 4.57 Å². The lowest BCUT2D eigenvalue weighted by Crippen LogP contribution is -2.24. The maximum absolute atomic E-state index is 12.4. The fourth-order valence-corrected chi connectivity index (χ4v) is 4.36. The van der Waals surface area contributed by atoms with E-state index < -0.39 is 10.8 Å². The number of aromatic nitrogens is 1. The zero-order valence-electron chi connectivity index (χ0n) is 15.6. The molecule has 0 fully saturated rings. The molecule has 2 aromatic carbocycles. The summed E-state index contributed by atoms with van der Waals surface area (Å²) in [6, 6.07) is 10.8. The molecule has 0 saturated carbocycles. The van der Waals surface area contributed by atoms with Crippen LogP contribution >= 0.6 is 38.9 Å². The van der Waals surface area contributed by atoms with Crippen LogP contribution in [-0.4, -0.2) is 21.8 Å². The first-order valence-electron chi connectivity index (χ1n) is 8.86. The molecule has 3 aromatic rings. The molecule has 0 unspecified atom stereocenters. The first kappa shape index (κ1) is 20.6. The predicted molar refractivity (Wildman–Crippen MR) is 125 cm³/mol. The maximum atomic E-state index is 12.4. The van der Waals surface area contributed by atoms with Gasteiger partial charge >= 0.3 is 4.87 Å². The average molecular weight is 505 g/mol. The molecule has 0 aliphatic carbocycles. The quantitative estimate of drug-likeness (QED) is 0.510. The molecule has 6 nitrogen and oxygen atoms in total. The largest absolute Gasteiger partial charge is 0.493 e. The third-order valence-corrected chi connectivity index (χ3v) is 6.37. The number of aryl methyl sites for hydroxylation is 1. The zero-order chi connectivity index (χ0) is 21.4. The van der Waals surface area contributed by atoms with Crippen molar-refractivity contribution in [3.8, 4) is 5.88 Å². The van der Waals surface area contributed by atoms with Gasteiger partial charge in [-0.05, 0) is 48.9 Å². The molecular weight excluding hydrogens is 490 g/mol.